The zero-order chi connectivity index (χ0) is 27.1. The van der Waals surface area contributed by atoms with E-state index in [-0.39, 0.29) is 24.5 Å². The molecular weight excluding hydrogens is 464 g/mol. The van der Waals surface area contributed by atoms with E-state index in [0.29, 0.717) is 37.7 Å². The lowest BCUT2D eigenvalue weighted by Crippen LogP contribution is -2.63. The normalized spacial score (nSPS) is 47.5. The van der Waals surface area contributed by atoms with E-state index in [2.05, 4.69) is 0 Å². The molecule has 0 unspecified atom stereocenters. The maximum absolute atomic E-state index is 13.3. The fraction of sp³-hybridized carbons (Fsp3) is 0.893. The van der Waals surface area contributed by atoms with Crippen LogP contribution in [0.3, 0.4) is 0 Å². The summed E-state index contributed by atoms with van der Waals surface area (Å²) in [5.74, 6) is -1.58. The molecule has 3 fully saturated rings. The molecule has 12 atom stereocenters. The lowest BCUT2D eigenvalue weighted by molar-refractivity contribution is -0.180. The minimum Gasteiger partial charge on any atom is -0.393 e. The average molecular weight is 511 g/mol. The fourth-order valence-corrected chi connectivity index (χ4v) is 8.52. The Bertz CT molecular complexity index is 913. The maximum atomic E-state index is 13.3. The average Bonchev–Trinajstić information content (AvgIpc) is 3.07. The van der Waals surface area contributed by atoms with Gasteiger partial charge < -0.3 is 35.7 Å². The van der Waals surface area contributed by atoms with Crippen LogP contribution >= 0.6 is 0 Å². The molecule has 0 heterocycles. The zero-order valence-electron chi connectivity index (χ0n) is 22.3. The Morgan fingerprint density at radius 3 is 2.33 bits per heavy atom. The summed E-state index contributed by atoms with van der Waals surface area (Å²) in [7, 11) is 0. The van der Waals surface area contributed by atoms with Crippen LogP contribution in [-0.4, -0.2) is 83.3 Å². The van der Waals surface area contributed by atoms with E-state index in [0.717, 1.165) is 0 Å². The van der Waals surface area contributed by atoms with E-state index in [4.69, 9.17) is 0 Å². The second-order valence-electron chi connectivity index (χ2n) is 13.5. The van der Waals surface area contributed by atoms with Gasteiger partial charge in [0.2, 0.25) is 0 Å². The van der Waals surface area contributed by atoms with Crippen LogP contribution in [0, 0.1) is 34.5 Å². The smallest absolute Gasteiger partial charge is 0.159 e. The van der Waals surface area contributed by atoms with Gasteiger partial charge in [-0.2, -0.15) is 0 Å². The van der Waals surface area contributed by atoms with E-state index in [9.17, 15) is 40.5 Å². The van der Waals surface area contributed by atoms with Crippen LogP contribution in [0.5, 0.6) is 0 Å². The van der Waals surface area contributed by atoms with Crippen molar-refractivity contribution < 1.29 is 40.5 Å². The molecule has 0 saturated heterocycles. The molecule has 206 valence electrons. The molecule has 8 nitrogen and oxygen atoms in total. The summed E-state index contributed by atoms with van der Waals surface area (Å²) in [6, 6.07) is 0. The third-order valence-electron chi connectivity index (χ3n) is 11.5. The van der Waals surface area contributed by atoms with Gasteiger partial charge in [0.15, 0.2) is 5.78 Å². The number of rotatable bonds is 6. The first-order valence-electron chi connectivity index (χ1n) is 13.5. The molecule has 0 radical (unpaired) electrons. The van der Waals surface area contributed by atoms with Crippen LogP contribution < -0.4 is 0 Å². The Morgan fingerprint density at radius 2 is 1.72 bits per heavy atom. The molecule has 4 aliphatic rings. The topological polar surface area (TPSA) is 159 Å². The van der Waals surface area contributed by atoms with Crippen molar-refractivity contribution in [2.75, 3.05) is 6.61 Å². The van der Waals surface area contributed by atoms with Crippen LogP contribution in [0.1, 0.15) is 79.6 Å². The molecule has 0 aromatic heterocycles. The summed E-state index contributed by atoms with van der Waals surface area (Å²) in [4.78, 5) is 13.3. The van der Waals surface area contributed by atoms with Gasteiger partial charge >= 0.3 is 0 Å². The predicted octanol–water partition coefficient (Wildman–Crippen LogP) is 1.07. The van der Waals surface area contributed by atoms with Crippen molar-refractivity contribution in [3.8, 4) is 0 Å². The Balaban J connectivity index is 1.65. The number of carbonyl (C=O) groups is 1. The first-order valence-corrected chi connectivity index (χ1v) is 13.5. The van der Waals surface area contributed by atoms with E-state index >= 15 is 0 Å². The van der Waals surface area contributed by atoms with Gasteiger partial charge in [0.1, 0.15) is 0 Å². The second-order valence-corrected chi connectivity index (χ2v) is 13.5. The summed E-state index contributed by atoms with van der Waals surface area (Å²) in [5.41, 5.74) is -4.98. The Morgan fingerprint density at radius 1 is 1.08 bits per heavy atom. The SMILES string of the molecule is C[C@H](C[C@H](O)[C@](C)(O)[C@@H]1CC[C@]2(O)C3=CC(=O)[C@@H]4C[C@H](O)[C@H](O)C[C@]4(C)[C@@H]3CC[C@@]12C)[C@@](C)(O)CO. The maximum Gasteiger partial charge on any atom is 0.159 e. The number of hydrogen-bond donors (Lipinski definition) is 7. The van der Waals surface area contributed by atoms with E-state index in [1.165, 1.54) is 6.92 Å². The number of ketones is 1. The molecule has 4 aliphatic carbocycles. The zero-order valence-corrected chi connectivity index (χ0v) is 22.3. The minimum absolute atomic E-state index is 0.0787. The fourth-order valence-electron chi connectivity index (χ4n) is 8.52. The highest BCUT2D eigenvalue weighted by Crippen LogP contribution is 2.68. The first-order chi connectivity index (χ1) is 16.5. The lowest BCUT2D eigenvalue weighted by atomic mass is 9.45. The van der Waals surface area contributed by atoms with Gasteiger partial charge in [0.25, 0.3) is 0 Å². The molecule has 0 aromatic carbocycles. The van der Waals surface area contributed by atoms with Gasteiger partial charge in [-0.25, -0.2) is 0 Å². The van der Waals surface area contributed by atoms with Gasteiger partial charge in [-0.1, -0.05) is 20.8 Å². The summed E-state index contributed by atoms with van der Waals surface area (Å²) >= 11 is 0. The number of allylic oxidation sites excluding steroid dienone is 1. The van der Waals surface area contributed by atoms with Crippen LogP contribution in [0.2, 0.25) is 0 Å². The molecule has 0 bridgehead atoms. The van der Waals surface area contributed by atoms with Crippen molar-refractivity contribution in [1.29, 1.82) is 0 Å². The van der Waals surface area contributed by atoms with Crippen molar-refractivity contribution in [3.05, 3.63) is 11.6 Å². The first kappa shape index (κ1) is 28.1. The molecule has 0 aromatic rings. The number of fused-ring (bicyclic) bond motifs is 5. The number of hydrogen-bond acceptors (Lipinski definition) is 8. The third kappa shape index (κ3) is 3.86. The van der Waals surface area contributed by atoms with Crippen LogP contribution in [0.25, 0.3) is 0 Å². The number of aliphatic hydroxyl groups is 7. The standard InChI is InChI=1S/C28H46O8/c1-15(26(4,34)14-29)10-23(33)27(5,35)22-7-9-28(36)17-11-19(30)18-12-20(31)21(32)13-24(18,2)16(17)6-8-25(22,28)3/h11,15-16,18,20-23,29,31-36H,6-10,12-14H2,1-5H3/t15-,16-,18+,20+,21-,22-,23+,24-,25+,26+,27-,28+/m1/s1. The van der Waals surface area contributed by atoms with Gasteiger partial charge in [-0.05, 0) is 93.6 Å². The molecule has 4 rings (SSSR count). The molecule has 3 saturated carbocycles. The van der Waals surface area contributed by atoms with Crippen LogP contribution in [0.15, 0.2) is 11.6 Å². The Labute approximate surface area is 214 Å². The van der Waals surface area contributed by atoms with Gasteiger partial charge in [-0.3, -0.25) is 4.79 Å². The van der Waals surface area contributed by atoms with Crippen molar-refractivity contribution >= 4 is 5.78 Å². The molecule has 0 spiro atoms. The van der Waals surface area contributed by atoms with Gasteiger partial charge in [0.05, 0.1) is 41.7 Å². The predicted molar refractivity (Wildman–Crippen MR) is 133 cm³/mol. The van der Waals surface area contributed by atoms with Gasteiger partial charge in [0, 0.05) is 11.3 Å². The lowest BCUT2D eigenvalue weighted by Gasteiger charge is -2.60. The second kappa shape index (κ2) is 8.83. The van der Waals surface area contributed by atoms with Gasteiger partial charge in [-0.15, -0.1) is 0 Å². The van der Waals surface area contributed by atoms with Crippen molar-refractivity contribution in [1.82, 2.24) is 0 Å². The van der Waals surface area contributed by atoms with Crippen molar-refractivity contribution in [2.24, 2.45) is 34.5 Å². The van der Waals surface area contributed by atoms with Crippen LogP contribution in [0.4, 0.5) is 0 Å². The molecule has 0 aliphatic heterocycles. The molecular formula is C28H46O8. The Kier molecular flexibility index (Phi) is 6.90. The molecule has 7 N–H and O–H groups in total. The van der Waals surface area contributed by atoms with E-state index < -0.39 is 70.3 Å². The van der Waals surface area contributed by atoms with E-state index in [1.807, 2.05) is 13.8 Å². The monoisotopic (exact) mass is 510 g/mol. The number of carbonyl (C=O) groups excluding carboxylic acids is 1. The molecule has 0 amide bonds. The third-order valence-corrected chi connectivity index (χ3v) is 11.5. The Hall–Kier alpha value is -0.870. The highest BCUT2D eigenvalue weighted by molar-refractivity contribution is 5.95. The minimum atomic E-state index is -1.57. The number of aliphatic hydroxyl groups excluding tert-OH is 4. The summed E-state index contributed by atoms with van der Waals surface area (Å²) in [6.07, 6.45) is 1.20. The largest absolute Gasteiger partial charge is 0.393 e. The van der Waals surface area contributed by atoms with Crippen LogP contribution in [-0.2, 0) is 4.79 Å². The highest BCUT2D eigenvalue weighted by atomic mass is 16.3. The quantitative estimate of drug-likeness (QED) is 0.280. The molecule has 36 heavy (non-hydrogen) atoms. The van der Waals surface area contributed by atoms with Crippen molar-refractivity contribution in [3.63, 3.8) is 0 Å². The highest BCUT2D eigenvalue weighted by Gasteiger charge is 2.69. The van der Waals surface area contributed by atoms with Crippen molar-refractivity contribution in [2.45, 2.75) is 115 Å². The molecule has 8 heteroatoms. The van der Waals surface area contributed by atoms with E-state index in [1.54, 1.807) is 19.9 Å². The summed E-state index contributed by atoms with van der Waals surface area (Å²) < 4.78 is 0. The summed E-state index contributed by atoms with van der Waals surface area (Å²) in [6.45, 7) is 8.28. The summed E-state index contributed by atoms with van der Waals surface area (Å²) in [5, 5.41) is 75.7.